The highest BCUT2D eigenvalue weighted by Crippen LogP contribution is 2.38. The summed E-state index contributed by atoms with van der Waals surface area (Å²) < 4.78 is 2.20. The zero-order valence-electron chi connectivity index (χ0n) is 12.1. The molecule has 1 aliphatic carbocycles. The lowest BCUT2D eigenvalue weighted by atomic mass is 9.88. The Morgan fingerprint density at radius 3 is 3.00 bits per heavy atom. The second-order valence-electron chi connectivity index (χ2n) is 5.93. The van der Waals surface area contributed by atoms with Gasteiger partial charge in [-0.3, -0.25) is 9.88 Å². The van der Waals surface area contributed by atoms with Gasteiger partial charge in [0.15, 0.2) is 5.96 Å². The van der Waals surface area contributed by atoms with E-state index in [1.54, 1.807) is 0 Å². The van der Waals surface area contributed by atoms with Crippen molar-refractivity contribution < 1.29 is 0 Å². The van der Waals surface area contributed by atoms with Gasteiger partial charge in [0.2, 0.25) is 5.95 Å². The summed E-state index contributed by atoms with van der Waals surface area (Å²) in [4.78, 5) is 9.31. The number of guanidine groups is 1. The van der Waals surface area contributed by atoms with Crippen molar-refractivity contribution in [1.82, 2.24) is 9.55 Å². The van der Waals surface area contributed by atoms with E-state index in [4.69, 9.17) is 5.73 Å². The largest absolute Gasteiger partial charge is 0.370 e. The number of aromatic nitrogens is 2. The molecule has 1 aromatic carbocycles. The summed E-state index contributed by atoms with van der Waals surface area (Å²) in [6, 6.07) is 8.18. The van der Waals surface area contributed by atoms with Gasteiger partial charge in [-0.25, -0.2) is 9.98 Å². The number of hydrogen-bond acceptors (Lipinski definition) is 4. The zero-order chi connectivity index (χ0) is 14.4. The van der Waals surface area contributed by atoms with Crippen molar-refractivity contribution in [2.45, 2.75) is 32.4 Å². The summed E-state index contributed by atoms with van der Waals surface area (Å²) >= 11 is 0. The molecule has 2 heterocycles. The number of nitrogens with zero attached hydrogens (tertiary/aromatic N) is 3. The minimum Gasteiger partial charge on any atom is -0.370 e. The van der Waals surface area contributed by atoms with E-state index < -0.39 is 0 Å². The highest BCUT2D eigenvalue weighted by molar-refractivity contribution is 5.94. The average molecular weight is 281 g/mol. The van der Waals surface area contributed by atoms with Crippen molar-refractivity contribution >= 4 is 22.9 Å². The van der Waals surface area contributed by atoms with Gasteiger partial charge in [-0.15, -0.1) is 0 Å². The number of rotatable bonds is 1. The third-order valence-electron chi connectivity index (χ3n) is 4.47. The van der Waals surface area contributed by atoms with Crippen LogP contribution in [0, 0.1) is 5.92 Å². The third-order valence-corrected chi connectivity index (χ3v) is 4.47. The van der Waals surface area contributed by atoms with Gasteiger partial charge in [0.05, 0.1) is 11.0 Å². The fourth-order valence-corrected chi connectivity index (χ4v) is 3.32. The number of para-hydroxylation sites is 2. The number of benzene rings is 1. The van der Waals surface area contributed by atoms with E-state index in [1.165, 1.54) is 5.57 Å². The fourth-order valence-electron chi connectivity index (χ4n) is 3.32. The van der Waals surface area contributed by atoms with Crippen LogP contribution in [0.15, 0.2) is 40.9 Å². The molecule has 0 spiro atoms. The number of allylic oxidation sites excluding steroid dienone is 2. The van der Waals surface area contributed by atoms with Crippen molar-refractivity contribution in [3.63, 3.8) is 0 Å². The van der Waals surface area contributed by atoms with Crippen LogP contribution in [0.4, 0.5) is 5.95 Å². The lowest BCUT2D eigenvalue weighted by molar-refractivity contribution is 0.317. The van der Waals surface area contributed by atoms with E-state index in [-0.39, 0.29) is 6.17 Å². The van der Waals surface area contributed by atoms with E-state index in [0.29, 0.717) is 11.9 Å². The first kappa shape index (κ1) is 12.4. The summed E-state index contributed by atoms with van der Waals surface area (Å²) in [5.41, 5.74) is 9.55. The van der Waals surface area contributed by atoms with Crippen molar-refractivity contribution in [3.05, 3.63) is 35.9 Å². The second kappa shape index (κ2) is 4.62. The van der Waals surface area contributed by atoms with Gasteiger partial charge in [0.25, 0.3) is 0 Å². The van der Waals surface area contributed by atoms with Crippen LogP contribution in [-0.4, -0.2) is 15.5 Å². The van der Waals surface area contributed by atoms with Crippen LogP contribution < -0.4 is 11.1 Å². The first-order valence-corrected chi connectivity index (χ1v) is 7.45. The van der Waals surface area contributed by atoms with E-state index in [1.807, 2.05) is 18.2 Å². The molecule has 0 radical (unpaired) electrons. The smallest absolute Gasteiger partial charge is 0.212 e. The maximum atomic E-state index is 5.97. The normalized spacial score (nSPS) is 25.0. The first-order chi connectivity index (χ1) is 10.2. The van der Waals surface area contributed by atoms with Gasteiger partial charge in [-0.05, 0) is 38.3 Å². The van der Waals surface area contributed by atoms with Crippen molar-refractivity contribution in [1.29, 1.82) is 0 Å². The zero-order valence-corrected chi connectivity index (χ0v) is 12.1. The molecular weight excluding hydrogens is 262 g/mol. The molecule has 3 N–H and O–H groups in total. The lowest BCUT2D eigenvalue weighted by Gasteiger charge is -2.31. The Morgan fingerprint density at radius 1 is 1.33 bits per heavy atom. The summed E-state index contributed by atoms with van der Waals surface area (Å²) in [6.45, 7) is 2.20. The number of aliphatic imine (C=N–C) groups is 1. The fraction of sp³-hybridized carbons (Fsp3) is 0.375. The predicted octanol–water partition coefficient (Wildman–Crippen LogP) is 3.02. The molecule has 5 nitrogen and oxygen atoms in total. The molecule has 4 rings (SSSR count). The summed E-state index contributed by atoms with van der Waals surface area (Å²) in [6.07, 6.45) is 5.72. The topological polar surface area (TPSA) is 68.2 Å². The Morgan fingerprint density at radius 2 is 2.19 bits per heavy atom. The van der Waals surface area contributed by atoms with Crippen molar-refractivity contribution in [2.75, 3.05) is 5.32 Å². The molecular formula is C16H19N5. The number of nitrogens with one attached hydrogen (secondary N) is 1. The minimum atomic E-state index is 0.0398. The van der Waals surface area contributed by atoms with Gasteiger partial charge in [0.1, 0.15) is 6.17 Å². The van der Waals surface area contributed by atoms with Crippen LogP contribution in [0.5, 0.6) is 0 Å². The van der Waals surface area contributed by atoms with Crippen LogP contribution in [0.2, 0.25) is 0 Å². The molecule has 0 saturated carbocycles. The Hall–Kier alpha value is -2.30. The van der Waals surface area contributed by atoms with E-state index in [2.05, 4.69) is 38.9 Å². The Kier molecular flexibility index (Phi) is 2.74. The van der Waals surface area contributed by atoms with Gasteiger partial charge in [-0.2, -0.15) is 0 Å². The van der Waals surface area contributed by atoms with Crippen molar-refractivity contribution in [3.8, 4) is 0 Å². The molecule has 2 aromatic rings. The highest BCUT2D eigenvalue weighted by atomic mass is 15.4. The average Bonchev–Trinajstić information content (AvgIpc) is 2.85. The van der Waals surface area contributed by atoms with Gasteiger partial charge >= 0.3 is 0 Å². The number of imidazole rings is 1. The molecule has 21 heavy (non-hydrogen) atoms. The van der Waals surface area contributed by atoms with Crippen LogP contribution >= 0.6 is 0 Å². The molecule has 0 amide bonds. The first-order valence-electron chi connectivity index (χ1n) is 7.45. The molecule has 1 aromatic heterocycles. The number of nitrogens with two attached hydrogens (primary N) is 1. The molecule has 0 bridgehead atoms. The molecule has 5 heteroatoms. The van der Waals surface area contributed by atoms with Crippen LogP contribution in [0.1, 0.15) is 32.4 Å². The summed E-state index contributed by atoms with van der Waals surface area (Å²) in [7, 11) is 0. The summed E-state index contributed by atoms with van der Waals surface area (Å²) in [5, 5.41) is 3.09. The molecule has 0 fully saturated rings. The molecule has 108 valence electrons. The molecule has 2 aliphatic rings. The summed E-state index contributed by atoms with van der Waals surface area (Å²) in [5.74, 6) is 1.75. The van der Waals surface area contributed by atoms with E-state index >= 15 is 0 Å². The van der Waals surface area contributed by atoms with Crippen LogP contribution in [0.3, 0.4) is 0 Å². The van der Waals surface area contributed by atoms with Gasteiger partial charge < -0.3 is 5.73 Å². The monoisotopic (exact) mass is 281 g/mol. The third kappa shape index (κ3) is 2.00. The molecule has 0 saturated heterocycles. The minimum absolute atomic E-state index is 0.0398. The number of hydrogen-bond donors (Lipinski definition) is 2. The molecule has 2 atom stereocenters. The number of fused-ring (bicyclic) bond motifs is 3. The number of anilines is 1. The highest BCUT2D eigenvalue weighted by Gasteiger charge is 2.30. The van der Waals surface area contributed by atoms with Gasteiger partial charge in [0, 0.05) is 5.92 Å². The van der Waals surface area contributed by atoms with Crippen LogP contribution in [0.25, 0.3) is 11.0 Å². The second-order valence-corrected chi connectivity index (χ2v) is 5.93. The van der Waals surface area contributed by atoms with Crippen molar-refractivity contribution in [2.24, 2.45) is 16.6 Å². The molecule has 2 unspecified atom stereocenters. The Bertz CT molecular complexity index is 755. The maximum Gasteiger partial charge on any atom is 0.212 e. The maximum absolute atomic E-state index is 5.97. The van der Waals surface area contributed by atoms with E-state index in [0.717, 1.165) is 36.2 Å². The molecule has 1 aliphatic heterocycles. The standard InChI is InChI=1S/C16H19N5/c1-10-6-8-11(9-7-10)14-19-15(17)20-16-18-12-4-2-3-5-13(12)21(14)16/h2-6,11,14H,7-9H2,1H3,(H3,17,18,19,20). The van der Waals surface area contributed by atoms with E-state index in [9.17, 15) is 0 Å². The Balaban J connectivity index is 1.82. The SMILES string of the molecule is CC1=CCC(C2N=C(N)Nc3nc4ccccc4n32)CC1. The Labute approximate surface area is 123 Å². The predicted molar refractivity (Wildman–Crippen MR) is 85.1 cm³/mol. The lowest BCUT2D eigenvalue weighted by Crippen LogP contribution is -2.34. The van der Waals surface area contributed by atoms with Crippen LogP contribution in [-0.2, 0) is 0 Å². The quantitative estimate of drug-likeness (QED) is 0.789. The van der Waals surface area contributed by atoms with Gasteiger partial charge in [-0.1, -0.05) is 23.8 Å².